The van der Waals surface area contributed by atoms with E-state index in [2.05, 4.69) is 17.2 Å². The zero-order valence-electron chi connectivity index (χ0n) is 10.8. The van der Waals surface area contributed by atoms with E-state index in [-0.39, 0.29) is 5.91 Å². The number of hydrogen-bond acceptors (Lipinski definition) is 5. The molecular formula is C13H17N3O2S. The summed E-state index contributed by atoms with van der Waals surface area (Å²) in [5.74, 6) is 0.466. The van der Waals surface area contributed by atoms with E-state index in [1.807, 2.05) is 6.20 Å². The minimum Gasteiger partial charge on any atom is -0.467 e. The summed E-state index contributed by atoms with van der Waals surface area (Å²) >= 11 is 1.69. The van der Waals surface area contributed by atoms with E-state index in [0.717, 1.165) is 17.8 Å². The number of nitrogens with one attached hydrogen (secondary N) is 1. The minimum absolute atomic E-state index is 0.143. The summed E-state index contributed by atoms with van der Waals surface area (Å²) in [5, 5.41) is 3.89. The third-order valence-corrected chi connectivity index (χ3v) is 3.89. The first kappa shape index (κ1) is 13.8. The van der Waals surface area contributed by atoms with Crippen molar-refractivity contribution in [2.45, 2.75) is 26.3 Å². The van der Waals surface area contributed by atoms with Crippen molar-refractivity contribution >= 4 is 17.2 Å². The summed E-state index contributed by atoms with van der Waals surface area (Å²) in [4.78, 5) is 17.4. The molecule has 102 valence electrons. The van der Waals surface area contributed by atoms with Crippen molar-refractivity contribution in [2.24, 2.45) is 5.73 Å². The lowest BCUT2D eigenvalue weighted by atomic mass is 10.3. The molecule has 2 rings (SSSR count). The quantitative estimate of drug-likeness (QED) is 0.843. The monoisotopic (exact) mass is 279 g/mol. The van der Waals surface area contributed by atoms with Gasteiger partial charge in [0.1, 0.15) is 12.0 Å². The number of carbonyl (C=O) groups is 1. The SMILES string of the molecule is CCc1cnc(CCNC(=O)c2coc(CN)c2)s1. The van der Waals surface area contributed by atoms with E-state index >= 15 is 0 Å². The van der Waals surface area contributed by atoms with Gasteiger partial charge in [-0.15, -0.1) is 11.3 Å². The third kappa shape index (κ3) is 3.65. The number of amides is 1. The highest BCUT2D eigenvalue weighted by atomic mass is 32.1. The molecule has 6 heteroatoms. The van der Waals surface area contributed by atoms with Crippen molar-refractivity contribution < 1.29 is 9.21 Å². The van der Waals surface area contributed by atoms with Crippen LogP contribution in [-0.2, 0) is 19.4 Å². The van der Waals surface area contributed by atoms with Crippen LogP contribution in [0.1, 0.15) is 32.9 Å². The van der Waals surface area contributed by atoms with Crippen molar-refractivity contribution in [1.82, 2.24) is 10.3 Å². The molecule has 2 aromatic rings. The number of aryl methyl sites for hydroxylation is 1. The molecule has 5 nitrogen and oxygen atoms in total. The lowest BCUT2D eigenvalue weighted by Gasteiger charge is -2.00. The highest BCUT2D eigenvalue weighted by molar-refractivity contribution is 7.11. The Morgan fingerprint density at radius 1 is 1.58 bits per heavy atom. The standard InChI is InChI=1S/C13H17N3O2S/c1-2-11-7-16-12(19-11)3-4-15-13(17)9-5-10(6-14)18-8-9/h5,7-8H,2-4,6,14H2,1H3,(H,15,17). The minimum atomic E-state index is -0.143. The van der Waals surface area contributed by atoms with Gasteiger partial charge in [0, 0.05) is 24.0 Å². The van der Waals surface area contributed by atoms with Gasteiger partial charge in [-0.3, -0.25) is 4.79 Å². The average molecular weight is 279 g/mol. The molecule has 0 aliphatic carbocycles. The van der Waals surface area contributed by atoms with Gasteiger partial charge >= 0.3 is 0 Å². The lowest BCUT2D eigenvalue weighted by Crippen LogP contribution is -2.25. The average Bonchev–Trinajstić information content (AvgIpc) is 3.07. The number of carbonyl (C=O) groups excluding carboxylic acids is 1. The molecule has 0 fully saturated rings. The summed E-state index contributed by atoms with van der Waals surface area (Å²) in [6.45, 7) is 2.97. The van der Waals surface area contributed by atoms with E-state index < -0.39 is 0 Å². The summed E-state index contributed by atoms with van der Waals surface area (Å²) in [7, 11) is 0. The zero-order valence-corrected chi connectivity index (χ0v) is 11.6. The Bertz CT molecular complexity index is 548. The molecule has 0 aromatic carbocycles. The molecule has 0 saturated carbocycles. The fourth-order valence-electron chi connectivity index (χ4n) is 1.62. The molecule has 19 heavy (non-hydrogen) atoms. The van der Waals surface area contributed by atoms with Crippen molar-refractivity contribution in [3.05, 3.63) is 39.7 Å². The van der Waals surface area contributed by atoms with Crippen LogP contribution in [0.2, 0.25) is 0 Å². The van der Waals surface area contributed by atoms with Gasteiger partial charge in [-0.25, -0.2) is 4.98 Å². The lowest BCUT2D eigenvalue weighted by molar-refractivity contribution is 0.0953. The molecule has 0 aliphatic heterocycles. The molecule has 0 aliphatic rings. The van der Waals surface area contributed by atoms with Gasteiger partial charge in [0.15, 0.2) is 0 Å². The number of hydrogen-bond donors (Lipinski definition) is 2. The maximum Gasteiger partial charge on any atom is 0.254 e. The maximum atomic E-state index is 11.8. The molecule has 0 spiro atoms. The van der Waals surface area contributed by atoms with Crippen molar-refractivity contribution in [3.63, 3.8) is 0 Å². The third-order valence-electron chi connectivity index (χ3n) is 2.69. The Balaban J connectivity index is 1.80. The van der Waals surface area contributed by atoms with Crippen LogP contribution >= 0.6 is 11.3 Å². The first-order chi connectivity index (χ1) is 9.22. The zero-order chi connectivity index (χ0) is 13.7. The molecule has 0 saturated heterocycles. The Labute approximate surface area is 115 Å². The van der Waals surface area contributed by atoms with Crippen LogP contribution < -0.4 is 11.1 Å². The van der Waals surface area contributed by atoms with Gasteiger partial charge < -0.3 is 15.5 Å². The summed E-state index contributed by atoms with van der Waals surface area (Å²) < 4.78 is 5.12. The van der Waals surface area contributed by atoms with Crippen LogP contribution in [0.4, 0.5) is 0 Å². The first-order valence-corrected chi connectivity index (χ1v) is 7.03. The predicted molar refractivity (Wildman–Crippen MR) is 74.1 cm³/mol. The number of thiazole rings is 1. The topological polar surface area (TPSA) is 81.2 Å². The summed E-state index contributed by atoms with van der Waals surface area (Å²) in [5.41, 5.74) is 5.93. The Hall–Kier alpha value is -1.66. The van der Waals surface area contributed by atoms with Crippen LogP contribution in [0.25, 0.3) is 0 Å². The largest absolute Gasteiger partial charge is 0.467 e. The van der Waals surface area contributed by atoms with Gasteiger partial charge in [0.2, 0.25) is 0 Å². The first-order valence-electron chi connectivity index (χ1n) is 6.22. The predicted octanol–water partition coefficient (Wildman–Crippen LogP) is 1.73. The molecule has 1 amide bonds. The molecular weight excluding hydrogens is 262 g/mol. The number of nitrogens with zero attached hydrogens (tertiary/aromatic N) is 1. The van der Waals surface area contributed by atoms with Gasteiger partial charge in [-0.1, -0.05) is 6.92 Å². The molecule has 2 heterocycles. The number of furan rings is 1. The Kier molecular flexibility index (Phi) is 4.70. The number of rotatable bonds is 6. The molecule has 3 N–H and O–H groups in total. The van der Waals surface area contributed by atoms with Crippen molar-refractivity contribution in [1.29, 1.82) is 0 Å². The van der Waals surface area contributed by atoms with Crippen molar-refractivity contribution in [2.75, 3.05) is 6.54 Å². The van der Waals surface area contributed by atoms with E-state index in [4.69, 9.17) is 10.2 Å². The van der Waals surface area contributed by atoms with Gasteiger partial charge in [0.05, 0.1) is 17.1 Å². The normalized spacial score (nSPS) is 10.6. The molecule has 0 radical (unpaired) electrons. The smallest absolute Gasteiger partial charge is 0.254 e. The van der Waals surface area contributed by atoms with E-state index in [0.29, 0.717) is 24.4 Å². The molecule has 0 unspecified atom stereocenters. The molecule has 0 atom stereocenters. The van der Waals surface area contributed by atoms with Crippen molar-refractivity contribution in [3.8, 4) is 0 Å². The van der Waals surface area contributed by atoms with E-state index in [1.54, 1.807) is 17.4 Å². The van der Waals surface area contributed by atoms with Gasteiger partial charge in [0.25, 0.3) is 5.91 Å². The molecule has 0 bridgehead atoms. The fraction of sp³-hybridized carbons (Fsp3) is 0.385. The second-order valence-electron chi connectivity index (χ2n) is 4.09. The highest BCUT2D eigenvalue weighted by Crippen LogP contribution is 2.13. The number of aromatic nitrogens is 1. The van der Waals surface area contributed by atoms with Crippen LogP contribution in [0.5, 0.6) is 0 Å². The van der Waals surface area contributed by atoms with Gasteiger partial charge in [-0.05, 0) is 12.5 Å². The summed E-state index contributed by atoms with van der Waals surface area (Å²) in [6, 6.07) is 1.66. The molecule has 2 aromatic heterocycles. The second kappa shape index (κ2) is 6.49. The van der Waals surface area contributed by atoms with Crippen LogP contribution in [-0.4, -0.2) is 17.4 Å². The highest BCUT2D eigenvalue weighted by Gasteiger charge is 2.09. The fourth-order valence-corrected chi connectivity index (χ4v) is 2.48. The van der Waals surface area contributed by atoms with Crippen LogP contribution in [0.3, 0.4) is 0 Å². The summed E-state index contributed by atoms with van der Waals surface area (Å²) in [6.07, 6.45) is 5.07. The Morgan fingerprint density at radius 3 is 3.05 bits per heavy atom. The van der Waals surface area contributed by atoms with Crippen LogP contribution in [0.15, 0.2) is 22.9 Å². The van der Waals surface area contributed by atoms with E-state index in [9.17, 15) is 4.79 Å². The number of nitrogens with two attached hydrogens (primary N) is 1. The second-order valence-corrected chi connectivity index (χ2v) is 5.29. The van der Waals surface area contributed by atoms with Gasteiger partial charge in [-0.2, -0.15) is 0 Å². The Morgan fingerprint density at radius 2 is 2.42 bits per heavy atom. The van der Waals surface area contributed by atoms with E-state index in [1.165, 1.54) is 11.1 Å². The van der Waals surface area contributed by atoms with Crippen LogP contribution in [0, 0.1) is 0 Å². The maximum absolute atomic E-state index is 11.8.